The van der Waals surface area contributed by atoms with Crippen molar-refractivity contribution in [1.82, 2.24) is 4.98 Å². The zero-order chi connectivity index (χ0) is 8.23. The van der Waals surface area contributed by atoms with Crippen LogP contribution < -0.4 is 0 Å². The van der Waals surface area contributed by atoms with Crippen LogP contribution in [0.5, 0.6) is 0 Å². The van der Waals surface area contributed by atoms with Crippen LogP contribution in [0.2, 0.25) is 0 Å². The topological polar surface area (TPSA) is 12.9 Å². The molecular weight excluding hydrogens is 146 g/mol. The van der Waals surface area contributed by atoms with Crippen molar-refractivity contribution in [3.63, 3.8) is 0 Å². The minimum absolute atomic E-state index is 0.641. The molecule has 0 spiro atoms. The van der Waals surface area contributed by atoms with Gasteiger partial charge in [0.1, 0.15) is 0 Å². The molecule has 0 saturated heterocycles. The van der Waals surface area contributed by atoms with Gasteiger partial charge in [0.2, 0.25) is 0 Å². The van der Waals surface area contributed by atoms with Crippen molar-refractivity contribution in [3.8, 4) is 0 Å². The molecule has 2 rings (SSSR count). The molecule has 1 heterocycles. The summed E-state index contributed by atoms with van der Waals surface area (Å²) in [6.07, 6.45) is 12.2. The molecule has 1 aromatic rings. The van der Waals surface area contributed by atoms with Crippen LogP contribution in [-0.2, 0) is 0 Å². The quantitative estimate of drug-likeness (QED) is 0.574. The van der Waals surface area contributed by atoms with Crippen LogP contribution in [0.3, 0.4) is 0 Å². The Bertz CT molecular complexity index is 264. The van der Waals surface area contributed by atoms with Crippen molar-refractivity contribution in [2.75, 3.05) is 0 Å². The van der Waals surface area contributed by atoms with Gasteiger partial charge in [-0.25, -0.2) is 0 Å². The van der Waals surface area contributed by atoms with Gasteiger partial charge in [0.25, 0.3) is 0 Å². The van der Waals surface area contributed by atoms with E-state index in [1.54, 1.807) is 0 Å². The van der Waals surface area contributed by atoms with Crippen molar-refractivity contribution < 1.29 is 0 Å². The largest absolute Gasteiger partial charge is 0.265 e. The van der Waals surface area contributed by atoms with Crippen LogP contribution in [0.1, 0.15) is 30.7 Å². The lowest BCUT2D eigenvalue weighted by atomic mass is 9.90. The zero-order valence-electron chi connectivity index (χ0n) is 7.11. The van der Waals surface area contributed by atoms with Gasteiger partial charge in [-0.2, -0.15) is 0 Å². The lowest BCUT2D eigenvalue weighted by Crippen LogP contribution is -1.98. The van der Waals surface area contributed by atoms with E-state index in [1.165, 1.54) is 24.8 Å². The second-order valence-electron chi connectivity index (χ2n) is 3.25. The molecule has 1 aliphatic rings. The first-order valence-corrected chi connectivity index (χ1v) is 4.53. The third kappa shape index (κ3) is 1.55. The molecule has 0 aliphatic heterocycles. The highest BCUT2D eigenvalue weighted by atomic mass is 14.6. The normalized spacial score (nSPS) is 22.5. The highest BCUT2D eigenvalue weighted by Gasteiger charge is 2.09. The Hall–Kier alpha value is -1.11. The molecule has 0 aromatic carbocycles. The average molecular weight is 159 g/mol. The number of hydrogen-bond donors (Lipinski definition) is 0. The molecule has 1 heteroatoms. The van der Waals surface area contributed by atoms with Crippen LogP contribution in [0.15, 0.2) is 36.7 Å². The van der Waals surface area contributed by atoms with Crippen LogP contribution >= 0.6 is 0 Å². The van der Waals surface area contributed by atoms with Gasteiger partial charge < -0.3 is 0 Å². The first-order chi connectivity index (χ1) is 5.97. The summed E-state index contributed by atoms with van der Waals surface area (Å²) in [5.41, 5.74) is 1.40. The lowest BCUT2D eigenvalue weighted by Gasteiger charge is -2.15. The number of pyridine rings is 1. The minimum atomic E-state index is 0.641. The van der Waals surface area contributed by atoms with E-state index in [0.717, 1.165) is 0 Å². The maximum Gasteiger partial charge on any atom is 0.0270 e. The van der Waals surface area contributed by atoms with E-state index in [9.17, 15) is 0 Å². The van der Waals surface area contributed by atoms with Gasteiger partial charge in [-0.15, -0.1) is 0 Å². The summed E-state index contributed by atoms with van der Waals surface area (Å²) >= 11 is 0. The first-order valence-electron chi connectivity index (χ1n) is 4.53. The molecule has 0 unspecified atom stereocenters. The molecule has 0 N–H and O–H groups in total. The maximum atomic E-state index is 4.02. The van der Waals surface area contributed by atoms with Crippen LogP contribution in [0.25, 0.3) is 0 Å². The maximum absolute atomic E-state index is 4.02. The van der Waals surface area contributed by atoms with E-state index in [4.69, 9.17) is 0 Å². The number of hydrogen-bond acceptors (Lipinski definition) is 1. The Labute approximate surface area is 73.1 Å². The fourth-order valence-electron chi connectivity index (χ4n) is 1.70. The van der Waals surface area contributed by atoms with Crippen molar-refractivity contribution in [1.29, 1.82) is 0 Å². The van der Waals surface area contributed by atoms with Crippen LogP contribution in [0, 0.1) is 0 Å². The molecule has 0 amide bonds. The summed E-state index contributed by atoms with van der Waals surface area (Å²) in [6, 6.07) is 4.22. The van der Waals surface area contributed by atoms with E-state index >= 15 is 0 Å². The van der Waals surface area contributed by atoms with Crippen molar-refractivity contribution in [2.45, 2.75) is 25.2 Å². The van der Waals surface area contributed by atoms with Gasteiger partial charge in [-0.1, -0.05) is 12.2 Å². The zero-order valence-corrected chi connectivity index (χ0v) is 7.11. The van der Waals surface area contributed by atoms with Crippen molar-refractivity contribution >= 4 is 0 Å². The molecule has 0 fully saturated rings. The summed E-state index contributed by atoms with van der Waals surface area (Å²) in [4.78, 5) is 4.02. The van der Waals surface area contributed by atoms with E-state index in [2.05, 4.69) is 29.3 Å². The van der Waals surface area contributed by atoms with Gasteiger partial charge in [0.05, 0.1) is 0 Å². The number of aromatic nitrogens is 1. The lowest BCUT2D eigenvalue weighted by molar-refractivity contribution is 0.654. The smallest absolute Gasteiger partial charge is 0.0270 e. The molecule has 1 aliphatic carbocycles. The fraction of sp³-hybridized carbons (Fsp3) is 0.364. The number of rotatable bonds is 1. The highest BCUT2D eigenvalue weighted by molar-refractivity contribution is 5.22. The average Bonchev–Trinajstić information content (AvgIpc) is 2.21. The standard InChI is InChI=1S/C11H13N/c1-2-4-10(5-3-1)11-6-8-12-9-7-11/h2,4,6-10H,1,3,5H2/t10-/m1/s1. The molecule has 62 valence electrons. The van der Waals surface area contributed by atoms with E-state index in [1.807, 2.05) is 12.4 Å². The van der Waals surface area contributed by atoms with Gasteiger partial charge in [-0.05, 0) is 37.0 Å². The third-order valence-electron chi connectivity index (χ3n) is 2.39. The molecule has 1 nitrogen and oxygen atoms in total. The Kier molecular flexibility index (Phi) is 2.21. The Morgan fingerprint density at radius 2 is 2.08 bits per heavy atom. The second kappa shape index (κ2) is 3.53. The number of allylic oxidation sites excluding steroid dienone is 2. The summed E-state index contributed by atoms with van der Waals surface area (Å²) in [5.74, 6) is 0.641. The summed E-state index contributed by atoms with van der Waals surface area (Å²) < 4.78 is 0. The fourth-order valence-corrected chi connectivity index (χ4v) is 1.70. The molecule has 1 atom stereocenters. The van der Waals surface area contributed by atoms with Gasteiger partial charge in [0.15, 0.2) is 0 Å². The Morgan fingerprint density at radius 1 is 1.25 bits per heavy atom. The monoisotopic (exact) mass is 159 g/mol. The molecule has 0 saturated carbocycles. The van der Waals surface area contributed by atoms with E-state index in [0.29, 0.717) is 5.92 Å². The summed E-state index contributed by atoms with van der Waals surface area (Å²) in [7, 11) is 0. The SMILES string of the molecule is C1=C[C@@H](c2ccncc2)CCC1. The summed E-state index contributed by atoms with van der Waals surface area (Å²) in [6.45, 7) is 0. The minimum Gasteiger partial charge on any atom is -0.265 e. The molecule has 12 heavy (non-hydrogen) atoms. The van der Waals surface area contributed by atoms with E-state index in [-0.39, 0.29) is 0 Å². The van der Waals surface area contributed by atoms with Gasteiger partial charge in [-0.3, -0.25) is 4.98 Å². The Balaban J connectivity index is 2.19. The van der Waals surface area contributed by atoms with Crippen molar-refractivity contribution in [3.05, 3.63) is 42.2 Å². The summed E-state index contributed by atoms with van der Waals surface area (Å²) in [5, 5.41) is 0. The van der Waals surface area contributed by atoms with Crippen LogP contribution in [-0.4, -0.2) is 4.98 Å². The molecule has 0 bridgehead atoms. The Morgan fingerprint density at radius 3 is 2.75 bits per heavy atom. The predicted molar refractivity (Wildman–Crippen MR) is 50.0 cm³/mol. The molecular formula is C11H13N. The molecule has 1 aromatic heterocycles. The van der Waals surface area contributed by atoms with E-state index < -0.39 is 0 Å². The predicted octanol–water partition coefficient (Wildman–Crippen LogP) is 2.91. The van der Waals surface area contributed by atoms with Crippen molar-refractivity contribution in [2.24, 2.45) is 0 Å². The third-order valence-corrected chi connectivity index (χ3v) is 2.39. The van der Waals surface area contributed by atoms with Crippen LogP contribution in [0.4, 0.5) is 0 Å². The second-order valence-corrected chi connectivity index (χ2v) is 3.25. The highest BCUT2D eigenvalue weighted by Crippen LogP contribution is 2.26. The first kappa shape index (κ1) is 7.53. The van der Waals surface area contributed by atoms with Gasteiger partial charge in [0, 0.05) is 18.3 Å². The van der Waals surface area contributed by atoms with Gasteiger partial charge >= 0.3 is 0 Å². The number of nitrogens with zero attached hydrogens (tertiary/aromatic N) is 1. The molecule has 0 radical (unpaired) electrons.